The number of hydrogen-bond donors (Lipinski definition) is 2. The molecular weight excluding hydrogens is 376 g/mol. The number of nitrogens with one attached hydrogen (secondary N) is 2. The van der Waals surface area contributed by atoms with Gasteiger partial charge in [-0.05, 0) is 37.3 Å². The Morgan fingerprint density at radius 2 is 2.18 bits per heavy atom. The summed E-state index contributed by atoms with van der Waals surface area (Å²) in [7, 11) is 1.61. The van der Waals surface area contributed by atoms with Crippen LogP contribution in [0, 0.1) is 6.92 Å². The Bertz CT molecular complexity index is 1100. The van der Waals surface area contributed by atoms with Gasteiger partial charge < -0.3 is 14.5 Å². The van der Waals surface area contributed by atoms with E-state index in [-0.39, 0.29) is 5.91 Å². The highest BCUT2D eigenvalue weighted by Gasteiger charge is 2.15. The number of carbonyl (C=O) groups is 1. The third kappa shape index (κ3) is 3.67. The molecule has 4 rings (SSSR count). The molecule has 142 valence electrons. The number of aromatic amines is 1. The van der Waals surface area contributed by atoms with Gasteiger partial charge in [0.1, 0.15) is 11.4 Å². The average Bonchev–Trinajstić information content (AvgIpc) is 3.47. The lowest BCUT2D eigenvalue weighted by molar-refractivity contribution is 0.0946. The van der Waals surface area contributed by atoms with Gasteiger partial charge in [-0.3, -0.25) is 9.89 Å². The van der Waals surface area contributed by atoms with Gasteiger partial charge in [-0.15, -0.1) is 11.3 Å². The van der Waals surface area contributed by atoms with Gasteiger partial charge in [0.2, 0.25) is 0 Å². The molecule has 0 aliphatic heterocycles. The Labute approximate surface area is 165 Å². The number of methoxy groups -OCH3 is 1. The highest BCUT2D eigenvalue weighted by Crippen LogP contribution is 2.28. The summed E-state index contributed by atoms with van der Waals surface area (Å²) in [6, 6.07) is 12.9. The van der Waals surface area contributed by atoms with E-state index in [9.17, 15) is 4.79 Å². The van der Waals surface area contributed by atoms with Crippen molar-refractivity contribution in [2.75, 3.05) is 7.11 Å². The number of carbonyl (C=O) groups excluding carboxylic acids is 1. The van der Waals surface area contributed by atoms with Crippen LogP contribution in [0.2, 0.25) is 0 Å². The Kier molecular flexibility index (Phi) is 4.94. The lowest BCUT2D eigenvalue weighted by Gasteiger charge is -2.02. The summed E-state index contributed by atoms with van der Waals surface area (Å²) >= 11 is 1.50. The minimum atomic E-state index is -0.228. The molecule has 1 amide bonds. The standard InChI is InChI=1S/C20H18N4O3S/c1-12-18(28-20(22-12)17-7-4-8-27-17)11-21-19(25)16-10-15(23-24-16)13-5-3-6-14(9-13)26-2/h3-10H,11H2,1-2H3,(H,21,25)(H,23,24). The van der Waals surface area contributed by atoms with Crippen molar-refractivity contribution in [1.82, 2.24) is 20.5 Å². The van der Waals surface area contributed by atoms with Crippen LogP contribution >= 0.6 is 11.3 Å². The summed E-state index contributed by atoms with van der Waals surface area (Å²) in [6.07, 6.45) is 1.62. The molecular formula is C20H18N4O3S. The van der Waals surface area contributed by atoms with E-state index >= 15 is 0 Å². The van der Waals surface area contributed by atoms with Crippen LogP contribution in [0.3, 0.4) is 0 Å². The molecule has 2 N–H and O–H groups in total. The Morgan fingerprint density at radius 1 is 1.29 bits per heavy atom. The molecule has 0 atom stereocenters. The maximum atomic E-state index is 12.5. The topological polar surface area (TPSA) is 93.0 Å². The van der Waals surface area contributed by atoms with Crippen LogP contribution < -0.4 is 10.1 Å². The predicted octanol–water partition coefficient (Wildman–Crippen LogP) is 4.04. The zero-order valence-corrected chi connectivity index (χ0v) is 16.2. The van der Waals surface area contributed by atoms with Gasteiger partial charge in [0.25, 0.3) is 5.91 Å². The van der Waals surface area contributed by atoms with Crippen molar-refractivity contribution in [1.29, 1.82) is 0 Å². The molecule has 0 spiro atoms. The molecule has 0 aliphatic carbocycles. The van der Waals surface area contributed by atoms with E-state index in [4.69, 9.17) is 9.15 Å². The second-order valence-corrected chi connectivity index (χ2v) is 7.17. The second kappa shape index (κ2) is 7.69. The van der Waals surface area contributed by atoms with Crippen LogP contribution in [0.5, 0.6) is 5.75 Å². The molecule has 0 unspecified atom stereocenters. The normalized spacial score (nSPS) is 10.8. The molecule has 0 fully saturated rings. The van der Waals surface area contributed by atoms with Crippen LogP contribution in [-0.4, -0.2) is 28.2 Å². The molecule has 7 nitrogen and oxygen atoms in total. The summed E-state index contributed by atoms with van der Waals surface area (Å²) in [5.41, 5.74) is 2.82. The summed E-state index contributed by atoms with van der Waals surface area (Å²) in [6.45, 7) is 2.30. The molecule has 3 heterocycles. The molecule has 3 aromatic heterocycles. The first-order valence-corrected chi connectivity index (χ1v) is 9.44. The predicted molar refractivity (Wildman–Crippen MR) is 106 cm³/mol. The van der Waals surface area contributed by atoms with Crippen molar-refractivity contribution in [3.8, 4) is 27.8 Å². The van der Waals surface area contributed by atoms with Gasteiger partial charge in [-0.2, -0.15) is 5.10 Å². The van der Waals surface area contributed by atoms with E-state index in [2.05, 4.69) is 20.5 Å². The van der Waals surface area contributed by atoms with Crippen molar-refractivity contribution in [2.24, 2.45) is 0 Å². The first-order valence-electron chi connectivity index (χ1n) is 8.62. The minimum absolute atomic E-state index is 0.228. The highest BCUT2D eigenvalue weighted by molar-refractivity contribution is 7.15. The summed E-state index contributed by atoms with van der Waals surface area (Å²) in [4.78, 5) is 18.0. The maximum absolute atomic E-state index is 12.5. The van der Waals surface area contributed by atoms with Gasteiger partial charge >= 0.3 is 0 Å². The van der Waals surface area contributed by atoms with Gasteiger partial charge in [0.15, 0.2) is 10.8 Å². The molecule has 0 saturated carbocycles. The van der Waals surface area contributed by atoms with Crippen LogP contribution in [0.4, 0.5) is 0 Å². The van der Waals surface area contributed by atoms with E-state index in [1.807, 2.05) is 43.3 Å². The zero-order valence-electron chi connectivity index (χ0n) is 15.4. The number of H-pyrrole nitrogens is 1. The lowest BCUT2D eigenvalue weighted by atomic mass is 10.1. The van der Waals surface area contributed by atoms with Crippen molar-refractivity contribution >= 4 is 17.2 Å². The molecule has 1 aromatic carbocycles. The van der Waals surface area contributed by atoms with E-state index in [1.165, 1.54) is 11.3 Å². The molecule has 28 heavy (non-hydrogen) atoms. The van der Waals surface area contributed by atoms with E-state index < -0.39 is 0 Å². The van der Waals surface area contributed by atoms with Crippen LogP contribution in [0.1, 0.15) is 21.1 Å². The van der Waals surface area contributed by atoms with Crippen molar-refractivity contribution in [3.63, 3.8) is 0 Å². The van der Waals surface area contributed by atoms with Crippen LogP contribution in [-0.2, 0) is 6.54 Å². The fourth-order valence-corrected chi connectivity index (χ4v) is 3.69. The Balaban J connectivity index is 1.44. The average molecular weight is 394 g/mol. The summed E-state index contributed by atoms with van der Waals surface area (Å²) in [5, 5.41) is 10.7. The monoisotopic (exact) mass is 394 g/mol. The number of benzene rings is 1. The number of ether oxygens (including phenoxy) is 1. The van der Waals surface area contributed by atoms with Gasteiger partial charge in [0.05, 0.1) is 31.3 Å². The minimum Gasteiger partial charge on any atom is -0.497 e. The van der Waals surface area contributed by atoms with Crippen LogP contribution in [0.15, 0.2) is 53.1 Å². The molecule has 0 aliphatic rings. The second-order valence-electron chi connectivity index (χ2n) is 6.09. The first-order chi connectivity index (χ1) is 13.6. The number of rotatable bonds is 6. The lowest BCUT2D eigenvalue weighted by Crippen LogP contribution is -2.23. The Morgan fingerprint density at radius 3 is 2.96 bits per heavy atom. The molecule has 8 heteroatoms. The van der Waals surface area contributed by atoms with Crippen molar-refractivity contribution < 1.29 is 13.9 Å². The zero-order chi connectivity index (χ0) is 19.5. The smallest absolute Gasteiger partial charge is 0.269 e. The number of nitrogens with zero attached hydrogens (tertiary/aromatic N) is 2. The number of thiazole rings is 1. The van der Waals surface area contributed by atoms with Crippen LogP contribution in [0.25, 0.3) is 22.0 Å². The van der Waals surface area contributed by atoms with Gasteiger partial charge in [-0.1, -0.05) is 12.1 Å². The van der Waals surface area contributed by atoms with E-state index in [0.29, 0.717) is 17.9 Å². The third-order valence-electron chi connectivity index (χ3n) is 4.22. The van der Waals surface area contributed by atoms with Gasteiger partial charge in [-0.25, -0.2) is 4.98 Å². The van der Waals surface area contributed by atoms with Crippen molar-refractivity contribution in [3.05, 3.63) is 65.0 Å². The van der Waals surface area contributed by atoms with E-state index in [1.54, 1.807) is 19.4 Å². The number of aryl methyl sites for hydroxylation is 1. The number of aromatic nitrogens is 3. The molecule has 4 aromatic rings. The summed E-state index contributed by atoms with van der Waals surface area (Å²) in [5.74, 6) is 1.23. The van der Waals surface area contributed by atoms with E-state index in [0.717, 1.165) is 32.7 Å². The first kappa shape index (κ1) is 18.0. The van der Waals surface area contributed by atoms with Crippen molar-refractivity contribution in [2.45, 2.75) is 13.5 Å². The number of furan rings is 1. The number of amides is 1. The summed E-state index contributed by atoms with van der Waals surface area (Å²) < 4.78 is 10.6. The molecule has 0 saturated heterocycles. The molecule has 0 bridgehead atoms. The molecule has 0 radical (unpaired) electrons. The Hall–Kier alpha value is -3.39. The highest BCUT2D eigenvalue weighted by atomic mass is 32.1. The number of hydrogen-bond acceptors (Lipinski definition) is 6. The van der Waals surface area contributed by atoms with Gasteiger partial charge in [0, 0.05) is 10.4 Å². The fraction of sp³-hybridized carbons (Fsp3) is 0.150. The fourth-order valence-electron chi connectivity index (χ4n) is 2.72. The third-order valence-corrected chi connectivity index (χ3v) is 5.39. The SMILES string of the molecule is COc1cccc(-c2cc(C(=O)NCc3sc(-c4ccco4)nc3C)[nH]n2)c1. The quantitative estimate of drug-likeness (QED) is 0.515. The largest absolute Gasteiger partial charge is 0.497 e. The maximum Gasteiger partial charge on any atom is 0.269 e.